The van der Waals surface area contributed by atoms with Crippen LogP contribution in [0.1, 0.15) is 43.7 Å². The molecule has 36 heavy (non-hydrogen) atoms. The molecule has 1 aliphatic rings. The third kappa shape index (κ3) is 5.09. The topological polar surface area (TPSA) is 66.7 Å². The minimum absolute atomic E-state index is 0.0319. The van der Waals surface area contributed by atoms with Crippen LogP contribution in [0, 0.1) is 10.8 Å². The molecule has 0 radical (unpaired) electrons. The average molecular weight is 481 g/mol. The molecule has 5 rings (SSSR count). The first-order valence-corrected chi connectivity index (χ1v) is 12.7. The minimum atomic E-state index is -0.0319. The molecule has 0 atom stereocenters. The summed E-state index contributed by atoms with van der Waals surface area (Å²) in [5.74, 6) is 0.525. The van der Waals surface area contributed by atoms with Crippen molar-refractivity contribution < 1.29 is 4.79 Å². The Labute approximate surface area is 211 Å². The van der Waals surface area contributed by atoms with E-state index in [0.717, 1.165) is 49.4 Å². The van der Waals surface area contributed by atoms with E-state index in [1.807, 2.05) is 38.1 Å². The number of fused-ring (bicyclic) bond motifs is 1. The first-order chi connectivity index (χ1) is 17.5. The molecular weight excluding hydrogens is 448 g/mol. The number of likely N-dealkylation sites (tertiary alicyclic amines) is 1. The molecule has 0 saturated carbocycles. The van der Waals surface area contributed by atoms with Crippen LogP contribution >= 0.6 is 0 Å². The number of hydrogen-bond donors (Lipinski definition) is 1. The van der Waals surface area contributed by atoms with Gasteiger partial charge in [-0.15, -0.1) is 4.91 Å². The lowest BCUT2D eigenvalue weighted by atomic mass is 9.89. The van der Waals surface area contributed by atoms with Gasteiger partial charge in [-0.25, -0.2) is 0 Å². The Morgan fingerprint density at radius 1 is 1.00 bits per heavy atom. The fourth-order valence-corrected chi connectivity index (χ4v) is 5.09. The first-order valence-electron chi connectivity index (χ1n) is 12.7. The van der Waals surface area contributed by atoms with Crippen LogP contribution in [0.4, 0.5) is 11.4 Å². The largest absolute Gasteiger partial charge is 0.326 e. The van der Waals surface area contributed by atoms with E-state index in [1.54, 1.807) is 12.1 Å². The number of aromatic nitrogens is 1. The van der Waals surface area contributed by atoms with Gasteiger partial charge in [0.15, 0.2) is 0 Å². The van der Waals surface area contributed by atoms with Crippen LogP contribution in [0.3, 0.4) is 0 Å². The van der Waals surface area contributed by atoms with E-state index < -0.39 is 0 Å². The molecule has 1 aliphatic heterocycles. The van der Waals surface area contributed by atoms with Gasteiger partial charge < -0.3 is 9.88 Å². The monoisotopic (exact) mass is 480 g/mol. The quantitative estimate of drug-likeness (QED) is 0.290. The number of amides is 1. The Bertz CT molecular complexity index is 1370. The maximum atomic E-state index is 12.1. The van der Waals surface area contributed by atoms with Crippen LogP contribution in [-0.4, -0.2) is 28.5 Å². The number of para-hydroxylation sites is 1. The fourth-order valence-electron chi connectivity index (χ4n) is 5.09. The first kappa shape index (κ1) is 23.9. The van der Waals surface area contributed by atoms with Crippen LogP contribution in [0.2, 0.25) is 0 Å². The van der Waals surface area contributed by atoms with Gasteiger partial charge in [0.1, 0.15) is 5.69 Å². The SMILES string of the molecule is CC(C)C(=O)Nc1cccc(C2CCN(Cc3cn(-c4ccc(N=O)cc4)c4ccccc34)CC2)c1. The second kappa shape index (κ2) is 10.5. The summed E-state index contributed by atoms with van der Waals surface area (Å²) in [4.78, 5) is 25.4. The predicted octanol–water partition coefficient (Wildman–Crippen LogP) is 7.00. The number of carbonyl (C=O) groups excluding carboxylic acids is 1. The molecule has 3 aromatic carbocycles. The molecule has 0 spiro atoms. The summed E-state index contributed by atoms with van der Waals surface area (Å²) < 4.78 is 2.20. The number of nitroso groups, excluding NO2 is 1. The Balaban J connectivity index is 1.28. The molecule has 6 nitrogen and oxygen atoms in total. The number of nitrogens with one attached hydrogen (secondary N) is 1. The van der Waals surface area contributed by atoms with Crippen molar-refractivity contribution in [3.63, 3.8) is 0 Å². The number of benzene rings is 3. The standard InChI is InChI=1S/C30H32N4O2/c1-21(2)30(35)31-26-7-5-6-23(18-26)22-14-16-33(17-15-22)19-24-20-34(29-9-4-3-8-28(24)29)27-12-10-25(32-36)11-13-27/h3-13,18,20-22H,14-17,19H2,1-2H3,(H,31,35). The van der Waals surface area contributed by atoms with Crippen LogP contribution in [0.15, 0.2) is 84.2 Å². The summed E-state index contributed by atoms with van der Waals surface area (Å²) in [6.45, 7) is 6.79. The highest BCUT2D eigenvalue weighted by Gasteiger charge is 2.22. The van der Waals surface area contributed by atoms with Crippen molar-refractivity contribution in [3.8, 4) is 5.69 Å². The zero-order chi connectivity index (χ0) is 25.1. The van der Waals surface area contributed by atoms with Crippen molar-refractivity contribution in [3.05, 3.63) is 95.0 Å². The zero-order valence-corrected chi connectivity index (χ0v) is 20.9. The summed E-state index contributed by atoms with van der Waals surface area (Å²) in [6, 6.07) is 24.2. The van der Waals surface area contributed by atoms with E-state index in [2.05, 4.69) is 62.6 Å². The molecule has 1 fully saturated rings. The van der Waals surface area contributed by atoms with Crippen molar-refractivity contribution in [2.45, 2.75) is 39.2 Å². The molecule has 6 heteroatoms. The predicted molar refractivity (Wildman–Crippen MR) is 146 cm³/mol. The molecule has 1 amide bonds. The molecule has 0 bridgehead atoms. The van der Waals surface area contributed by atoms with Crippen molar-refractivity contribution in [2.24, 2.45) is 11.1 Å². The highest BCUT2D eigenvalue weighted by atomic mass is 16.3. The van der Waals surface area contributed by atoms with E-state index in [9.17, 15) is 9.70 Å². The van der Waals surface area contributed by atoms with Crippen LogP contribution in [0.25, 0.3) is 16.6 Å². The van der Waals surface area contributed by atoms with Crippen molar-refractivity contribution in [2.75, 3.05) is 18.4 Å². The average Bonchev–Trinajstić information content (AvgIpc) is 3.27. The van der Waals surface area contributed by atoms with Gasteiger partial charge in [0.2, 0.25) is 5.91 Å². The molecule has 2 heterocycles. The second-order valence-corrected chi connectivity index (χ2v) is 9.97. The number of nitrogens with zero attached hydrogens (tertiary/aromatic N) is 3. The molecule has 1 N–H and O–H groups in total. The minimum Gasteiger partial charge on any atom is -0.326 e. The summed E-state index contributed by atoms with van der Waals surface area (Å²) in [5.41, 5.74) is 6.12. The van der Waals surface area contributed by atoms with Gasteiger partial charge >= 0.3 is 0 Å². The number of anilines is 1. The smallest absolute Gasteiger partial charge is 0.226 e. The summed E-state index contributed by atoms with van der Waals surface area (Å²) in [5, 5.41) is 7.30. The highest BCUT2D eigenvalue weighted by Crippen LogP contribution is 2.32. The van der Waals surface area contributed by atoms with Crippen LogP contribution < -0.4 is 5.32 Å². The van der Waals surface area contributed by atoms with Gasteiger partial charge in [0.25, 0.3) is 0 Å². The van der Waals surface area contributed by atoms with Gasteiger partial charge in [-0.3, -0.25) is 9.69 Å². The van der Waals surface area contributed by atoms with E-state index >= 15 is 0 Å². The Morgan fingerprint density at radius 2 is 1.75 bits per heavy atom. The Kier molecular flexibility index (Phi) is 6.96. The van der Waals surface area contributed by atoms with Crippen molar-refractivity contribution in [1.82, 2.24) is 9.47 Å². The summed E-state index contributed by atoms with van der Waals surface area (Å²) in [6.07, 6.45) is 4.42. The van der Waals surface area contributed by atoms with Gasteiger partial charge in [0.05, 0.1) is 5.52 Å². The maximum absolute atomic E-state index is 12.1. The fraction of sp³-hybridized carbons (Fsp3) is 0.300. The second-order valence-electron chi connectivity index (χ2n) is 9.97. The van der Waals surface area contributed by atoms with Gasteiger partial charge in [0, 0.05) is 35.4 Å². The van der Waals surface area contributed by atoms with Gasteiger partial charge in [-0.1, -0.05) is 44.2 Å². The molecule has 1 saturated heterocycles. The van der Waals surface area contributed by atoms with E-state index in [0.29, 0.717) is 11.6 Å². The third-order valence-corrected chi connectivity index (χ3v) is 7.16. The van der Waals surface area contributed by atoms with Crippen molar-refractivity contribution >= 4 is 28.2 Å². The lowest BCUT2D eigenvalue weighted by Crippen LogP contribution is -2.32. The highest BCUT2D eigenvalue weighted by molar-refractivity contribution is 5.92. The Hall–Kier alpha value is -3.77. The van der Waals surface area contributed by atoms with E-state index in [4.69, 9.17) is 0 Å². The normalized spacial score (nSPS) is 14.9. The van der Waals surface area contributed by atoms with Gasteiger partial charge in [-0.2, -0.15) is 0 Å². The third-order valence-electron chi connectivity index (χ3n) is 7.16. The number of hydrogen-bond acceptors (Lipinski definition) is 4. The molecule has 0 aliphatic carbocycles. The van der Waals surface area contributed by atoms with E-state index in [-0.39, 0.29) is 11.8 Å². The van der Waals surface area contributed by atoms with Crippen LogP contribution in [-0.2, 0) is 11.3 Å². The van der Waals surface area contributed by atoms with Crippen LogP contribution in [0.5, 0.6) is 0 Å². The van der Waals surface area contributed by atoms with E-state index in [1.165, 1.54) is 16.5 Å². The van der Waals surface area contributed by atoms with Gasteiger partial charge in [-0.05, 0) is 90.6 Å². The molecular formula is C30H32N4O2. The number of piperidine rings is 1. The number of carbonyl (C=O) groups is 1. The summed E-state index contributed by atoms with van der Waals surface area (Å²) in [7, 11) is 0. The lowest BCUT2D eigenvalue weighted by molar-refractivity contribution is -0.118. The molecule has 4 aromatic rings. The molecule has 0 unspecified atom stereocenters. The zero-order valence-electron chi connectivity index (χ0n) is 20.9. The lowest BCUT2D eigenvalue weighted by Gasteiger charge is -2.32. The van der Waals surface area contributed by atoms with Crippen molar-refractivity contribution in [1.29, 1.82) is 0 Å². The maximum Gasteiger partial charge on any atom is 0.226 e. The molecule has 1 aromatic heterocycles. The number of rotatable bonds is 7. The molecule has 184 valence electrons. The Morgan fingerprint density at radius 3 is 2.47 bits per heavy atom. The summed E-state index contributed by atoms with van der Waals surface area (Å²) >= 11 is 0.